The molecule has 0 saturated carbocycles. The Balaban J connectivity index is 1.83. The Bertz CT molecular complexity index is 1100. The van der Waals surface area contributed by atoms with E-state index >= 15 is 0 Å². The van der Waals surface area contributed by atoms with Crippen LogP contribution in [-0.2, 0) is 5.60 Å². The first-order valence-electron chi connectivity index (χ1n) is 8.71. The highest BCUT2D eigenvalue weighted by atomic mass is 16.3. The van der Waals surface area contributed by atoms with E-state index in [-0.39, 0.29) is 0 Å². The second-order valence-corrected chi connectivity index (χ2v) is 6.31. The van der Waals surface area contributed by atoms with Crippen molar-refractivity contribution in [1.82, 2.24) is 15.0 Å². The second-order valence-electron chi connectivity index (χ2n) is 6.31. The monoisotopic (exact) mass is 353 g/mol. The number of hydrogen-bond donors (Lipinski definition) is 1. The maximum absolute atomic E-state index is 11.7. The van der Waals surface area contributed by atoms with Gasteiger partial charge < -0.3 is 5.11 Å². The fraction of sp³-hybridized carbons (Fsp3) is 0.0435. The van der Waals surface area contributed by atoms with Crippen LogP contribution in [0, 0.1) is 0 Å². The maximum Gasteiger partial charge on any atom is 0.150 e. The van der Waals surface area contributed by atoms with Crippen molar-refractivity contribution in [1.29, 1.82) is 0 Å². The van der Waals surface area contributed by atoms with Gasteiger partial charge in [0.25, 0.3) is 0 Å². The Hall–Kier alpha value is -3.50. The van der Waals surface area contributed by atoms with Gasteiger partial charge in [0.1, 0.15) is 11.1 Å². The summed E-state index contributed by atoms with van der Waals surface area (Å²) in [6.45, 7) is 4.17. The Kier molecular flexibility index (Phi) is 4.40. The summed E-state index contributed by atoms with van der Waals surface area (Å²) in [7, 11) is 0. The van der Waals surface area contributed by atoms with Gasteiger partial charge in [0.05, 0.1) is 11.2 Å². The summed E-state index contributed by atoms with van der Waals surface area (Å²) in [4.78, 5) is 0. The molecule has 0 aliphatic rings. The van der Waals surface area contributed by atoms with Crippen molar-refractivity contribution in [3.63, 3.8) is 0 Å². The number of hydrogen-bond acceptors (Lipinski definition) is 3. The van der Waals surface area contributed by atoms with E-state index in [4.69, 9.17) is 0 Å². The van der Waals surface area contributed by atoms with Crippen molar-refractivity contribution < 1.29 is 5.11 Å². The van der Waals surface area contributed by atoms with Crippen LogP contribution in [0.15, 0.2) is 97.6 Å². The van der Waals surface area contributed by atoms with Gasteiger partial charge in [-0.2, -0.15) is 0 Å². The average Bonchev–Trinajstić information content (AvgIpc) is 3.17. The van der Waals surface area contributed by atoms with Gasteiger partial charge in [-0.1, -0.05) is 90.7 Å². The van der Waals surface area contributed by atoms with Gasteiger partial charge in [-0.15, -0.1) is 5.10 Å². The number of fused-ring (bicyclic) bond motifs is 1. The van der Waals surface area contributed by atoms with Crippen molar-refractivity contribution >= 4 is 22.8 Å². The lowest BCUT2D eigenvalue weighted by Gasteiger charge is -2.27. The van der Waals surface area contributed by atoms with Crippen LogP contribution in [0.25, 0.3) is 22.8 Å². The molecule has 4 nitrogen and oxygen atoms in total. The van der Waals surface area contributed by atoms with E-state index in [1.165, 1.54) is 0 Å². The number of benzene rings is 3. The molecular formula is C23H19N3O. The molecule has 0 fully saturated rings. The molecule has 0 saturated heterocycles. The standard InChI is InChI=1S/C23H19N3O/c1-18(26-22-15-9-8-14-21(22)24-25-26)23(27,20-12-6-3-7-13-20)17-16-19-10-4-2-5-11-19/h2-17,27H,1H2/b17-16+. The smallest absolute Gasteiger partial charge is 0.150 e. The van der Waals surface area contributed by atoms with E-state index in [2.05, 4.69) is 16.9 Å². The summed E-state index contributed by atoms with van der Waals surface area (Å²) in [6.07, 6.45) is 3.63. The van der Waals surface area contributed by atoms with E-state index in [0.717, 1.165) is 16.6 Å². The molecule has 1 unspecified atom stereocenters. The zero-order chi connectivity index (χ0) is 18.7. The molecule has 4 heteroatoms. The topological polar surface area (TPSA) is 50.9 Å². The lowest BCUT2D eigenvalue weighted by atomic mass is 9.89. The van der Waals surface area contributed by atoms with Gasteiger partial charge >= 0.3 is 0 Å². The Labute approximate surface area is 157 Å². The first-order valence-corrected chi connectivity index (χ1v) is 8.71. The minimum Gasteiger partial charge on any atom is -0.375 e. The van der Waals surface area contributed by atoms with Crippen LogP contribution < -0.4 is 0 Å². The Morgan fingerprint density at radius 3 is 2.26 bits per heavy atom. The lowest BCUT2D eigenvalue weighted by molar-refractivity contribution is 0.148. The first-order chi connectivity index (χ1) is 13.2. The molecule has 0 radical (unpaired) electrons. The molecule has 0 aliphatic carbocycles. The highest BCUT2D eigenvalue weighted by Gasteiger charge is 2.32. The number of aliphatic hydroxyl groups is 1. The molecule has 4 aromatic rings. The zero-order valence-electron chi connectivity index (χ0n) is 14.7. The molecule has 0 bridgehead atoms. The third-order valence-electron chi connectivity index (χ3n) is 4.58. The maximum atomic E-state index is 11.7. The van der Waals surface area contributed by atoms with Crippen LogP contribution in [0.4, 0.5) is 0 Å². The van der Waals surface area contributed by atoms with E-state index in [1.54, 1.807) is 10.8 Å². The molecule has 1 heterocycles. The third-order valence-corrected chi connectivity index (χ3v) is 4.58. The lowest BCUT2D eigenvalue weighted by Crippen LogP contribution is -2.28. The fourth-order valence-corrected chi connectivity index (χ4v) is 3.06. The van der Waals surface area contributed by atoms with E-state index in [1.807, 2.05) is 91.0 Å². The van der Waals surface area contributed by atoms with Crippen molar-refractivity contribution in [2.24, 2.45) is 0 Å². The summed E-state index contributed by atoms with van der Waals surface area (Å²) in [5.74, 6) is 0. The van der Waals surface area contributed by atoms with Gasteiger partial charge in [0.15, 0.2) is 0 Å². The normalized spacial score (nSPS) is 13.7. The molecule has 0 aliphatic heterocycles. The third kappa shape index (κ3) is 3.18. The quantitative estimate of drug-likeness (QED) is 0.575. The van der Waals surface area contributed by atoms with Crippen molar-refractivity contribution in [3.05, 3.63) is 109 Å². The number of aromatic nitrogens is 3. The van der Waals surface area contributed by atoms with Gasteiger partial charge in [-0.3, -0.25) is 0 Å². The predicted octanol–water partition coefficient (Wildman–Crippen LogP) is 4.50. The first kappa shape index (κ1) is 16.9. The molecule has 0 amide bonds. The summed E-state index contributed by atoms with van der Waals surface area (Å²) in [5.41, 5.74) is 2.22. The fourth-order valence-electron chi connectivity index (χ4n) is 3.06. The number of nitrogens with zero attached hydrogens (tertiary/aromatic N) is 3. The van der Waals surface area contributed by atoms with Gasteiger partial charge in [0.2, 0.25) is 0 Å². The largest absolute Gasteiger partial charge is 0.375 e. The molecular weight excluding hydrogens is 334 g/mol. The summed E-state index contributed by atoms with van der Waals surface area (Å²) < 4.78 is 1.59. The van der Waals surface area contributed by atoms with Crippen LogP contribution in [0.3, 0.4) is 0 Å². The van der Waals surface area contributed by atoms with E-state index in [0.29, 0.717) is 11.3 Å². The highest BCUT2D eigenvalue weighted by molar-refractivity contribution is 5.79. The predicted molar refractivity (Wildman–Crippen MR) is 109 cm³/mol. The van der Waals surface area contributed by atoms with Gasteiger partial charge in [0, 0.05) is 0 Å². The van der Waals surface area contributed by atoms with E-state index in [9.17, 15) is 5.11 Å². The summed E-state index contributed by atoms with van der Waals surface area (Å²) >= 11 is 0. The van der Waals surface area contributed by atoms with Gasteiger partial charge in [-0.25, -0.2) is 4.68 Å². The average molecular weight is 353 g/mol. The molecule has 4 rings (SSSR count). The Morgan fingerprint density at radius 1 is 0.889 bits per heavy atom. The molecule has 0 spiro atoms. The second kappa shape index (κ2) is 7.02. The van der Waals surface area contributed by atoms with Crippen LogP contribution >= 0.6 is 0 Å². The van der Waals surface area contributed by atoms with Crippen LogP contribution in [-0.4, -0.2) is 20.1 Å². The van der Waals surface area contributed by atoms with Crippen molar-refractivity contribution in [3.8, 4) is 0 Å². The van der Waals surface area contributed by atoms with Crippen molar-refractivity contribution in [2.75, 3.05) is 0 Å². The number of rotatable bonds is 5. The minimum atomic E-state index is -1.44. The molecule has 1 atom stereocenters. The highest BCUT2D eigenvalue weighted by Crippen LogP contribution is 2.34. The molecule has 3 aromatic carbocycles. The number of para-hydroxylation sites is 1. The Morgan fingerprint density at radius 2 is 1.52 bits per heavy atom. The van der Waals surface area contributed by atoms with Crippen LogP contribution in [0.1, 0.15) is 11.1 Å². The SMILES string of the molecule is C=C(n1nnc2ccccc21)C(O)(/C=C/c1ccccc1)c1ccccc1. The molecule has 1 aromatic heterocycles. The molecule has 27 heavy (non-hydrogen) atoms. The van der Waals surface area contributed by atoms with Gasteiger partial charge in [-0.05, 0) is 29.3 Å². The van der Waals surface area contributed by atoms with Crippen LogP contribution in [0.2, 0.25) is 0 Å². The van der Waals surface area contributed by atoms with E-state index < -0.39 is 5.60 Å². The summed E-state index contributed by atoms with van der Waals surface area (Å²) in [6, 6.07) is 26.9. The summed E-state index contributed by atoms with van der Waals surface area (Å²) in [5, 5.41) is 20.1. The van der Waals surface area contributed by atoms with Crippen molar-refractivity contribution in [2.45, 2.75) is 5.60 Å². The van der Waals surface area contributed by atoms with Crippen LogP contribution in [0.5, 0.6) is 0 Å². The molecule has 132 valence electrons. The molecule has 1 N–H and O–H groups in total. The minimum absolute atomic E-state index is 0.412. The zero-order valence-corrected chi connectivity index (χ0v) is 14.7.